The zero-order valence-corrected chi connectivity index (χ0v) is 15.9. The maximum atomic E-state index is 5.81. The van der Waals surface area contributed by atoms with E-state index in [1.54, 1.807) is 11.8 Å². The second-order valence-corrected chi connectivity index (χ2v) is 7.71. The molecule has 2 atom stereocenters. The smallest absolute Gasteiger partial charge is 0.188 e. The van der Waals surface area contributed by atoms with Crippen molar-refractivity contribution < 1.29 is 4.74 Å². The molecule has 1 aromatic heterocycles. The molecule has 5 heteroatoms. The molecule has 0 aliphatic carbocycles. The van der Waals surface area contributed by atoms with Crippen molar-refractivity contribution in [1.82, 2.24) is 14.9 Å². The number of rotatable bonds is 8. The number of aromatic nitrogens is 2. The van der Waals surface area contributed by atoms with Gasteiger partial charge in [0.05, 0.1) is 17.9 Å². The third-order valence-electron chi connectivity index (χ3n) is 4.00. The average Bonchev–Trinajstić information content (AvgIpc) is 2.45. The molecule has 2 heterocycles. The Hall–Kier alpha value is -0.650. The lowest BCUT2D eigenvalue weighted by Gasteiger charge is -2.35. The first kappa shape index (κ1) is 18.7. The number of aryl methyl sites for hydroxylation is 1. The highest BCUT2D eigenvalue weighted by Gasteiger charge is 2.22. The van der Waals surface area contributed by atoms with E-state index in [2.05, 4.69) is 43.6 Å². The summed E-state index contributed by atoms with van der Waals surface area (Å²) in [6, 6.07) is 2.12. The highest BCUT2D eigenvalue weighted by molar-refractivity contribution is 7.99. The minimum absolute atomic E-state index is 0.300. The summed E-state index contributed by atoms with van der Waals surface area (Å²) < 4.78 is 5.81. The Kier molecular flexibility index (Phi) is 7.80. The molecule has 4 nitrogen and oxygen atoms in total. The number of ether oxygens (including phenoxy) is 1. The van der Waals surface area contributed by atoms with E-state index in [4.69, 9.17) is 9.72 Å². The summed E-state index contributed by atoms with van der Waals surface area (Å²) in [6.07, 6.45) is 5.78. The second kappa shape index (κ2) is 9.60. The molecule has 0 radical (unpaired) electrons. The van der Waals surface area contributed by atoms with Gasteiger partial charge in [-0.05, 0) is 33.3 Å². The van der Waals surface area contributed by atoms with Gasteiger partial charge in [-0.3, -0.25) is 4.90 Å². The Balaban J connectivity index is 1.89. The highest BCUT2D eigenvalue weighted by Crippen LogP contribution is 2.19. The van der Waals surface area contributed by atoms with Gasteiger partial charge in [0.25, 0.3) is 0 Å². The molecular formula is C18H31N3OS. The van der Waals surface area contributed by atoms with Crippen molar-refractivity contribution in [3.8, 4) is 0 Å². The summed E-state index contributed by atoms with van der Waals surface area (Å²) in [5.41, 5.74) is 2.20. The third kappa shape index (κ3) is 6.77. The monoisotopic (exact) mass is 337 g/mol. The van der Waals surface area contributed by atoms with Crippen LogP contribution in [0.5, 0.6) is 0 Å². The molecule has 0 N–H and O–H groups in total. The first-order valence-corrected chi connectivity index (χ1v) is 9.90. The maximum absolute atomic E-state index is 5.81. The Morgan fingerprint density at radius 2 is 1.91 bits per heavy atom. The Morgan fingerprint density at radius 1 is 1.17 bits per heavy atom. The number of unbranched alkanes of at least 4 members (excludes halogenated alkanes) is 3. The number of morpholine rings is 1. The summed E-state index contributed by atoms with van der Waals surface area (Å²) in [7, 11) is 0. The van der Waals surface area contributed by atoms with Gasteiger partial charge < -0.3 is 4.74 Å². The van der Waals surface area contributed by atoms with Crippen LogP contribution >= 0.6 is 11.8 Å². The van der Waals surface area contributed by atoms with Gasteiger partial charge in [-0.2, -0.15) is 0 Å². The molecule has 0 saturated carbocycles. The van der Waals surface area contributed by atoms with E-state index in [0.29, 0.717) is 12.2 Å². The number of nitrogens with zero attached hydrogens (tertiary/aromatic N) is 3. The van der Waals surface area contributed by atoms with Crippen molar-refractivity contribution in [2.24, 2.45) is 0 Å². The molecule has 1 saturated heterocycles. The van der Waals surface area contributed by atoms with Crippen LogP contribution in [-0.4, -0.2) is 45.9 Å². The van der Waals surface area contributed by atoms with Gasteiger partial charge >= 0.3 is 0 Å². The maximum Gasteiger partial charge on any atom is 0.188 e. The first-order chi connectivity index (χ1) is 11.1. The average molecular weight is 338 g/mol. The summed E-state index contributed by atoms with van der Waals surface area (Å²) >= 11 is 1.80. The summed E-state index contributed by atoms with van der Waals surface area (Å²) in [4.78, 5) is 11.8. The van der Waals surface area contributed by atoms with Gasteiger partial charge in [0.2, 0.25) is 0 Å². The highest BCUT2D eigenvalue weighted by atomic mass is 32.2. The molecule has 1 fully saturated rings. The van der Waals surface area contributed by atoms with Gasteiger partial charge in [0.15, 0.2) is 5.16 Å². The minimum Gasteiger partial charge on any atom is -0.373 e. The van der Waals surface area contributed by atoms with Crippen LogP contribution < -0.4 is 0 Å². The van der Waals surface area contributed by atoms with Gasteiger partial charge in [0.1, 0.15) is 0 Å². The first-order valence-electron chi connectivity index (χ1n) is 8.92. The van der Waals surface area contributed by atoms with Crippen LogP contribution in [0.1, 0.15) is 57.8 Å². The molecule has 0 amide bonds. The molecule has 0 unspecified atom stereocenters. The van der Waals surface area contributed by atoms with Crippen molar-refractivity contribution in [3.05, 3.63) is 17.5 Å². The normalized spacial score (nSPS) is 22.4. The molecule has 130 valence electrons. The Bertz CT molecular complexity index is 473. The van der Waals surface area contributed by atoms with Crippen LogP contribution in [0.2, 0.25) is 0 Å². The molecule has 2 rings (SSSR count). The molecule has 0 bridgehead atoms. The van der Waals surface area contributed by atoms with Crippen LogP contribution in [0.25, 0.3) is 0 Å². The van der Waals surface area contributed by atoms with Crippen LogP contribution in [0.3, 0.4) is 0 Å². The fourth-order valence-electron chi connectivity index (χ4n) is 3.08. The molecule has 0 spiro atoms. The third-order valence-corrected chi connectivity index (χ3v) is 4.93. The van der Waals surface area contributed by atoms with Gasteiger partial charge in [-0.1, -0.05) is 37.9 Å². The number of hydrogen-bond acceptors (Lipinski definition) is 5. The zero-order valence-electron chi connectivity index (χ0n) is 15.0. The Morgan fingerprint density at radius 3 is 2.61 bits per heavy atom. The zero-order chi connectivity index (χ0) is 16.7. The topological polar surface area (TPSA) is 38.2 Å². The fourth-order valence-corrected chi connectivity index (χ4v) is 4.01. The van der Waals surface area contributed by atoms with E-state index < -0.39 is 0 Å². The van der Waals surface area contributed by atoms with Crippen molar-refractivity contribution in [2.45, 2.75) is 77.3 Å². The van der Waals surface area contributed by atoms with E-state index in [1.165, 1.54) is 25.7 Å². The van der Waals surface area contributed by atoms with Crippen LogP contribution in [0.15, 0.2) is 11.2 Å². The predicted octanol–water partition coefficient (Wildman–Crippen LogP) is 4.07. The van der Waals surface area contributed by atoms with Crippen LogP contribution in [0.4, 0.5) is 0 Å². The predicted molar refractivity (Wildman–Crippen MR) is 96.9 cm³/mol. The van der Waals surface area contributed by atoms with E-state index >= 15 is 0 Å². The molecule has 23 heavy (non-hydrogen) atoms. The van der Waals surface area contributed by atoms with E-state index in [9.17, 15) is 0 Å². The largest absolute Gasteiger partial charge is 0.373 e. The van der Waals surface area contributed by atoms with Crippen molar-refractivity contribution in [2.75, 3.05) is 18.8 Å². The van der Waals surface area contributed by atoms with Crippen molar-refractivity contribution in [1.29, 1.82) is 0 Å². The van der Waals surface area contributed by atoms with E-state index in [1.807, 2.05) is 0 Å². The van der Waals surface area contributed by atoms with Crippen LogP contribution in [0, 0.1) is 6.92 Å². The van der Waals surface area contributed by atoms with E-state index in [-0.39, 0.29) is 0 Å². The van der Waals surface area contributed by atoms with Crippen LogP contribution in [-0.2, 0) is 11.3 Å². The van der Waals surface area contributed by atoms with Gasteiger partial charge in [0, 0.05) is 31.1 Å². The number of hydrogen-bond donors (Lipinski definition) is 0. The quantitative estimate of drug-likeness (QED) is 0.406. The molecule has 0 aromatic carbocycles. The summed E-state index contributed by atoms with van der Waals surface area (Å²) in [6.45, 7) is 11.5. The molecule has 1 aliphatic heterocycles. The van der Waals surface area contributed by atoms with Gasteiger partial charge in [-0.15, -0.1) is 0 Å². The van der Waals surface area contributed by atoms with Crippen molar-refractivity contribution in [3.63, 3.8) is 0 Å². The lowest BCUT2D eigenvalue weighted by molar-refractivity contribution is -0.0708. The summed E-state index contributed by atoms with van der Waals surface area (Å²) in [5.74, 6) is 1.12. The second-order valence-electron chi connectivity index (χ2n) is 6.64. The fraction of sp³-hybridized carbons (Fsp3) is 0.778. The lowest BCUT2D eigenvalue weighted by Crippen LogP contribution is -2.44. The molecular weight excluding hydrogens is 306 g/mol. The van der Waals surface area contributed by atoms with Gasteiger partial charge in [-0.25, -0.2) is 9.97 Å². The summed E-state index contributed by atoms with van der Waals surface area (Å²) in [5, 5.41) is 0.936. The van der Waals surface area contributed by atoms with E-state index in [0.717, 1.165) is 41.9 Å². The standard InChI is InChI=1S/C18H31N3OS/c1-5-6-7-8-9-23-18-19-14(2)10-17(20-18)13-21-11-15(3)22-16(4)12-21/h10,15-16H,5-9,11-13H2,1-4H3/t15-,16+. The Labute approximate surface area is 145 Å². The number of thioether (sulfide) groups is 1. The molecule has 1 aliphatic rings. The lowest BCUT2D eigenvalue weighted by atomic mass is 10.2. The molecule has 1 aromatic rings. The van der Waals surface area contributed by atoms with Crippen molar-refractivity contribution >= 4 is 11.8 Å². The SMILES string of the molecule is CCCCCCSc1nc(C)cc(CN2C[C@@H](C)O[C@@H](C)C2)n1. The minimum atomic E-state index is 0.300.